The summed E-state index contributed by atoms with van der Waals surface area (Å²) in [5.74, 6) is 2.43. The molecule has 4 heteroatoms. The van der Waals surface area contributed by atoms with Crippen LogP contribution in [0.5, 0.6) is 17.2 Å². The molecule has 0 amide bonds. The van der Waals surface area contributed by atoms with Gasteiger partial charge in [0, 0.05) is 6.54 Å². The molecule has 1 aliphatic rings. The highest BCUT2D eigenvalue weighted by Gasteiger charge is 2.21. The molecule has 4 aromatic carbocycles. The molecule has 0 aliphatic carbocycles. The van der Waals surface area contributed by atoms with Crippen molar-refractivity contribution in [3.63, 3.8) is 0 Å². The summed E-state index contributed by atoms with van der Waals surface area (Å²) in [6.07, 6.45) is 5.37. The van der Waals surface area contributed by atoms with Crippen LogP contribution < -0.4 is 19.5 Å². The van der Waals surface area contributed by atoms with Gasteiger partial charge < -0.3 is 19.5 Å². The Morgan fingerprint density at radius 3 is 2.50 bits per heavy atom. The van der Waals surface area contributed by atoms with E-state index in [4.69, 9.17) is 14.2 Å². The molecule has 5 rings (SSSR count). The van der Waals surface area contributed by atoms with Gasteiger partial charge in [-0.1, -0.05) is 60.7 Å². The van der Waals surface area contributed by atoms with Crippen molar-refractivity contribution in [2.45, 2.75) is 19.1 Å². The van der Waals surface area contributed by atoms with Crippen molar-refractivity contribution in [2.75, 3.05) is 20.8 Å². The molecule has 4 nitrogen and oxygen atoms in total. The van der Waals surface area contributed by atoms with Crippen molar-refractivity contribution in [2.24, 2.45) is 0 Å². The summed E-state index contributed by atoms with van der Waals surface area (Å²) >= 11 is 0. The van der Waals surface area contributed by atoms with Gasteiger partial charge in [-0.3, -0.25) is 0 Å². The third-order valence-corrected chi connectivity index (χ3v) is 6.31. The first kappa shape index (κ1) is 22.1. The highest BCUT2D eigenvalue weighted by Crippen LogP contribution is 2.36. The number of rotatable bonds is 7. The lowest BCUT2D eigenvalue weighted by molar-refractivity contribution is 0.283. The van der Waals surface area contributed by atoms with Crippen molar-refractivity contribution in [1.29, 1.82) is 0 Å². The van der Waals surface area contributed by atoms with Gasteiger partial charge >= 0.3 is 0 Å². The van der Waals surface area contributed by atoms with E-state index >= 15 is 0 Å². The Hall–Kier alpha value is -3.76. The first-order valence-corrected chi connectivity index (χ1v) is 11.6. The molecule has 172 valence electrons. The fourth-order valence-corrected chi connectivity index (χ4v) is 4.46. The quantitative estimate of drug-likeness (QED) is 0.356. The lowest BCUT2D eigenvalue weighted by Crippen LogP contribution is -2.28. The SMILES string of the molecule is COc1ccc2cc(C=CC3NCCc4cc(OCc5ccccc5)c(OC)cc43)ccc2c1. The number of fused-ring (bicyclic) bond motifs is 2. The minimum atomic E-state index is 0.118. The van der Waals surface area contributed by atoms with Crippen LogP contribution in [-0.2, 0) is 13.0 Å². The van der Waals surface area contributed by atoms with Gasteiger partial charge in [0.05, 0.1) is 20.3 Å². The third kappa shape index (κ3) is 4.78. The smallest absolute Gasteiger partial charge is 0.161 e. The lowest BCUT2D eigenvalue weighted by atomic mass is 9.93. The molecule has 0 fully saturated rings. The zero-order valence-electron chi connectivity index (χ0n) is 19.6. The van der Waals surface area contributed by atoms with E-state index in [1.165, 1.54) is 27.5 Å². The maximum atomic E-state index is 6.13. The van der Waals surface area contributed by atoms with Crippen LogP contribution in [0.1, 0.15) is 28.3 Å². The number of hydrogen-bond donors (Lipinski definition) is 1. The Morgan fingerprint density at radius 1 is 0.853 bits per heavy atom. The van der Waals surface area contributed by atoms with Crippen LogP contribution in [0.15, 0.2) is 84.9 Å². The van der Waals surface area contributed by atoms with E-state index in [0.29, 0.717) is 6.61 Å². The lowest BCUT2D eigenvalue weighted by Gasteiger charge is -2.26. The van der Waals surface area contributed by atoms with Crippen LogP contribution in [0.3, 0.4) is 0 Å². The summed E-state index contributed by atoms with van der Waals surface area (Å²) < 4.78 is 17.2. The minimum absolute atomic E-state index is 0.118. The van der Waals surface area contributed by atoms with Gasteiger partial charge in [-0.25, -0.2) is 0 Å². The van der Waals surface area contributed by atoms with Gasteiger partial charge in [0.2, 0.25) is 0 Å². The maximum Gasteiger partial charge on any atom is 0.161 e. The van der Waals surface area contributed by atoms with Crippen molar-refractivity contribution in [3.8, 4) is 17.2 Å². The number of benzene rings is 4. The van der Waals surface area contributed by atoms with Crippen molar-refractivity contribution >= 4 is 16.8 Å². The number of nitrogens with one attached hydrogen (secondary N) is 1. The molecular weight excluding hydrogens is 422 g/mol. The van der Waals surface area contributed by atoms with Gasteiger partial charge in [0.15, 0.2) is 11.5 Å². The Labute approximate surface area is 200 Å². The first-order valence-electron chi connectivity index (χ1n) is 11.6. The molecule has 0 bridgehead atoms. The molecule has 1 N–H and O–H groups in total. The van der Waals surface area contributed by atoms with E-state index in [1.54, 1.807) is 14.2 Å². The van der Waals surface area contributed by atoms with Gasteiger partial charge in [0.1, 0.15) is 12.4 Å². The van der Waals surface area contributed by atoms with E-state index in [-0.39, 0.29) is 6.04 Å². The van der Waals surface area contributed by atoms with Crippen LogP contribution in [-0.4, -0.2) is 20.8 Å². The molecule has 0 radical (unpaired) electrons. The summed E-state index contributed by atoms with van der Waals surface area (Å²) in [6.45, 7) is 1.44. The Morgan fingerprint density at radius 2 is 1.68 bits per heavy atom. The van der Waals surface area contributed by atoms with Crippen LogP contribution in [0.4, 0.5) is 0 Å². The molecule has 0 aromatic heterocycles. The van der Waals surface area contributed by atoms with Crippen LogP contribution >= 0.6 is 0 Å². The minimum Gasteiger partial charge on any atom is -0.497 e. The third-order valence-electron chi connectivity index (χ3n) is 6.31. The van der Waals surface area contributed by atoms with E-state index in [1.807, 2.05) is 24.3 Å². The van der Waals surface area contributed by atoms with Gasteiger partial charge in [-0.15, -0.1) is 0 Å². The summed E-state index contributed by atoms with van der Waals surface area (Å²) in [7, 11) is 3.39. The second-order valence-corrected chi connectivity index (χ2v) is 8.49. The van der Waals surface area contributed by atoms with Crippen molar-refractivity contribution in [3.05, 3.63) is 107 Å². The van der Waals surface area contributed by atoms with Crippen LogP contribution in [0, 0.1) is 0 Å². The zero-order chi connectivity index (χ0) is 23.3. The second-order valence-electron chi connectivity index (χ2n) is 8.49. The summed E-state index contributed by atoms with van der Waals surface area (Å²) in [5.41, 5.74) is 4.83. The molecule has 0 saturated heterocycles. The Balaban J connectivity index is 1.37. The Kier molecular flexibility index (Phi) is 6.50. The monoisotopic (exact) mass is 451 g/mol. The van der Waals surface area contributed by atoms with Crippen molar-refractivity contribution in [1.82, 2.24) is 5.32 Å². The standard InChI is InChI=1S/C30H29NO3/c1-32-26-12-11-23-16-21(8-10-24(23)17-26)9-13-28-27-19-29(33-2)30(18-25(27)14-15-31-28)34-20-22-6-4-3-5-7-22/h3-13,16-19,28,31H,14-15,20H2,1-2H3. The number of hydrogen-bond acceptors (Lipinski definition) is 4. The predicted molar refractivity (Wildman–Crippen MR) is 138 cm³/mol. The van der Waals surface area contributed by atoms with Crippen LogP contribution in [0.2, 0.25) is 0 Å². The molecule has 1 heterocycles. The predicted octanol–water partition coefficient (Wildman–Crippen LogP) is 6.34. The van der Waals surface area contributed by atoms with E-state index < -0.39 is 0 Å². The van der Waals surface area contributed by atoms with Crippen LogP contribution in [0.25, 0.3) is 16.8 Å². The summed E-state index contributed by atoms with van der Waals surface area (Å²) in [4.78, 5) is 0. The zero-order valence-corrected chi connectivity index (χ0v) is 19.6. The fourth-order valence-electron chi connectivity index (χ4n) is 4.46. The van der Waals surface area contributed by atoms with E-state index in [0.717, 1.165) is 35.8 Å². The van der Waals surface area contributed by atoms with E-state index in [2.05, 4.69) is 72.1 Å². The summed E-state index contributed by atoms with van der Waals surface area (Å²) in [5, 5.41) is 5.99. The molecule has 1 aliphatic heterocycles. The number of ether oxygens (including phenoxy) is 3. The van der Waals surface area contributed by atoms with Gasteiger partial charge in [0.25, 0.3) is 0 Å². The van der Waals surface area contributed by atoms with Crippen molar-refractivity contribution < 1.29 is 14.2 Å². The molecular formula is C30H29NO3. The van der Waals surface area contributed by atoms with Gasteiger partial charge in [-0.2, -0.15) is 0 Å². The highest BCUT2D eigenvalue weighted by atomic mass is 16.5. The molecule has 4 aromatic rings. The normalized spacial score (nSPS) is 15.3. The largest absolute Gasteiger partial charge is 0.497 e. The molecule has 0 spiro atoms. The topological polar surface area (TPSA) is 39.7 Å². The molecule has 1 atom stereocenters. The summed E-state index contributed by atoms with van der Waals surface area (Å²) in [6, 6.07) is 27.2. The molecule has 0 saturated carbocycles. The Bertz CT molecular complexity index is 1310. The molecule has 1 unspecified atom stereocenters. The first-order chi connectivity index (χ1) is 16.7. The van der Waals surface area contributed by atoms with Gasteiger partial charge in [-0.05, 0) is 69.8 Å². The average Bonchev–Trinajstić information content (AvgIpc) is 2.90. The fraction of sp³-hybridized carbons (Fsp3) is 0.200. The second kappa shape index (κ2) is 10.0. The highest BCUT2D eigenvalue weighted by molar-refractivity contribution is 5.86. The maximum absolute atomic E-state index is 6.13. The van der Waals surface area contributed by atoms with E-state index in [9.17, 15) is 0 Å². The average molecular weight is 452 g/mol. The number of methoxy groups -OCH3 is 2. The molecule has 34 heavy (non-hydrogen) atoms.